The lowest BCUT2D eigenvalue weighted by atomic mass is 10.5. The number of carbonyl (C=O) groups is 1. The second-order valence-electron chi connectivity index (χ2n) is 2.10. The topological polar surface area (TPSA) is 74.7 Å². The van der Waals surface area contributed by atoms with E-state index >= 15 is 0 Å². The largest absolute Gasteiger partial charge is 0.344 e. The van der Waals surface area contributed by atoms with Crippen LogP contribution in [0.25, 0.3) is 0 Å². The molecule has 0 aromatic rings. The van der Waals surface area contributed by atoms with E-state index in [1.165, 1.54) is 14.1 Å². The number of nitrogens with zero attached hydrogens (tertiary/aromatic N) is 1. The third kappa shape index (κ3) is 2.69. The predicted molar refractivity (Wildman–Crippen MR) is 39.4 cm³/mol. The predicted octanol–water partition coefficient (Wildman–Crippen LogP) is -0.524. The molecule has 0 rings (SSSR count). The molecule has 0 fully saturated rings. The third-order valence-electron chi connectivity index (χ3n) is 0.956. The molecule has 11 heavy (non-hydrogen) atoms. The van der Waals surface area contributed by atoms with Gasteiger partial charge >= 0.3 is 0 Å². The molecule has 0 bridgehead atoms. The summed E-state index contributed by atoms with van der Waals surface area (Å²) < 4.78 is 28.9. The van der Waals surface area contributed by atoms with E-state index in [0.717, 1.165) is 4.90 Å². The van der Waals surface area contributed by atoms with Gasteiger partial charge in [0.1, 0.15) is 0 Å². The van der Waals surface area contributed by atoms with Gasteiger partial charge in [-0.3, -0.25) is 9.35 Å². The fourth-order valence-corrected chi connectivity index (χ4v) is 0.763. The molecular formula is C5H9NO4S. The maximum Gasteiger partial charge on any atom is 0.299 e. The van der Waals surface area contributed by atoms with Crippen molar-refractivity contribution < 1.29 is 17.8 Å². The number of amides is 1. The molecule has 0 aliphatic carbocycles. The summed E-state index contributed by atoms with van der Waals surface area (Å²) in [6, 6.07) is 0. The highest BCUT2D eigenvalue weighted by Gasteiger charge is 2.20. The molecule has 0 aliphatic rings. The Balaban J connectivity index is 4.68. The Morgan fingerprint density at radius 3 is 1.91 bits per heavy atom. The zero-order valence-electron chi connectivity index (χ0n) is 6.23. The minimum absolute atomic E-state index is 0.817. The van der Waals surface area contributed by atoms with Crippen LogP contribution in [0.1, 0.15) is 0 Å². The molecule has 0 radical (unpaired) electrons. The van der Waals surface area contributed by atoms with Crippen molar-refractivity contribution in [2.24, 2.45) is 0 Å². The molecular weight excluding hydrogens is 170 g/mol. The Morgan fingerprint density at radius 1 is 1.45 bits per heavy atom. The molecule has 5 nitrogen and oxygen atoms in total. The van der Waals surface area contributed by atoms with Gasteiger partial charge in [-0.1, -0.05) is 6.58 Å². The second-order valence-corrected chi connectivity index (χ2v) is 3.54. The molecule has 1 N–H and O–H groups in total. The zero-order valence-corrected chi connectivity index (χ0v) is 7.05. The maximum absolute atomic E-state index is 10.8. The molecule has 0 saturated carbocycles. The minimum atomic E-state index is -4.43. The summed E-state index contributed by atoms with van der Waals surface area (Å²) in [6.45, 7) is 2.92. The van der Waals surface area contributed by atoms with Crippen molar-refractivity contribution in [1.82, 2.24) is 4.90 Å². The Bertz CT molecular complexity index is 277. The molecule has 64 valence electrons. The van der Waals surface area contributed by atoms with Crippen LogP contribution in [0, 0.1) is 0 Å². The first-order valence-electron chi connectivity index (χ1n) is 2.65. The summed E-state index contributed by atoms with van der Waals surface area (Å²) in [7, 11) is -1.71. The first-order chi connectivity index (χ1) is 4.76. The average Bonchev–Trinajstić information content (AvgIpc) is 1.82. The van der Waals surface area contributed by atoms with Crippen molar-refractivity contribution in [3.63, 3.8) is 0 Å². The summed E-state index contributed by atoms with van der Waals surface area (Å²) in [5.41, 5.74) is 0. The molecule has 0 heterocycles. The quantitative estimate of drug-likeness (QED) is 0.457. The highest BCUT2D eigenvalue weighted by Crippen LogP contribution is 2.02. The number of hydrogen-bond acceptors (Lipinski definition) is 3. The first-order valence-corrected chi connectivity index (χ1v) is 4.09. The molecule has 0 spiro atoms. The van der Waals surface area contributed by atoms with E-state index in [-0.39, 0.29) is 0 Å². The average molecular weight is 179 g/mol. The molecule has 1 amide bonds. The van der Waals surface area contributed by atoms with Crippen molar-refractivity contribution in [2.75, 3.05) is 14.1 Å². The van der Waals surface area contributed by atoms with Crippen molar-refractivity contribution in [3.8, 4) is 0 Å². The summed E-state index contributed by atoms with van der Waals surface area (Å²) in [6.07, 6.45) is 0. The normalized spacial score (nSPS) is 10.8. The zero-order chi connectivity index (χ0) is 9.23. The van der Waals surface area contributed by atoms with Gasteiger partial charge in [-0.15, -0.1) is 0 Å². The van der Waals surface area contributed by atoms with Gasteiger partial charge in [-0.2, -0.15) is 8.42 Å². The van der Waals surface area contributed by atoms with Crippen LogP contribution in [0.4, 0.5) is 0 Å². The van der Waals surface area contributed by atoms with Crippen molar-refractivity contribution in [1.29, 1.82) is 0 Å². The van der Waals surface area contributed by atoms with Gasteiger partial charge in [0.25, 0.3) is 16.0 Å². The van der Waals surface area contributed by atoms with E-state index in [1.54, 1.807) is 0 Å². The molecule has 6 heteroatoms. The van der Waals surface area contributed by atoms with Crippen LogP contribution >= 0.6 is 0 Å². The fourth-order valence-electron chi connectivity index (χ4n) is 0.360. The SMILES string of the molecule is C=C(C(=O)N(C)C)S(=O)(=O)O. The van der Waals surface area contributed by atoms with Crippen molar-refractivity contribution in [3.05, 3.63) is 11.5 Å². The maximum atomic E-state index is 10.8. The van der Waals surface area contributed by atoms with Gasteiger partial charge < -0.3 is 4.90 Å². The Hall–Kier alpha value is -0.880. The fraction of sp³-hybridized carbons (Fsp3) is 0.400. The summed E-state index contributed by atoms with van der Waals surface area (Å²) >= 11 is 0. The molecule has 0 saturated heterocycles. The number of hydrogen-bond donors (Lipinski definition) is 1. The molecule has 0 atom stereocenters. The number of carbonyl (C=O) groups excluding carboxylic acids is 1. The van der Waals surface area contributed by atoms with E-state index in [1.807, 2.05) is 0 Å². The van der Waals surface area contributed by atoms with E-state index in [9.17, 15) is 13.2 Å². The van der Waals surface area contributed by atoms with Crippen LogP contribution in [0.5, 0.6) is 0 Å². The van der Waals surface area contributed by atoms with Gasteiger partial charge in [-0.25, -0.2) is 0 Å². The van der Waals surface area contributed by atoms with Crippen LogP contribution in [-0.4, -0.2) is 37.9 Å². The van der Waals surface area contributed by atoms with Gasteiger partial charge in [0.2, 0.25) is 0 Å². The summed E-state index contributed by atoms with van der Waals surface area (Å²) in [5.74, 6) is -0.826. The minimum Gasteiger partial charge on any atom is -0.344 e. The highest BCUT2D eigenvalue weighted by molar-refractivity contribution is 7.90. The van der Waals surface area contributed by atoms with Gasteiger partial charge in [-0.05, 0) is 0 Å². The molecule has 0 aromatic heterocycles. The van der Waals surface area contributed by atoms with E-state index in [2.05, 4.69) is 6.58 Å². The second kappa shape index (κ2) is 3.02. The van der Waals surface area contributed by atoms with Gasteiger partial charge in [0, 0.05) is 14.1 Å². The van der Waals surface area contributed by atoms with Gasteiger partial charge in [0.05, 0.1) is 0 Å². The van der Waals surface area contributed by atoms with Crippen LogP contribution in [0.2, 0.25) is 0 Å². The Labute approximate surface area is 65.1 Å². The third-order valence-corrected chi connectivity index (χ3v) is 1.75. The summed E-state index contributed by atoms with van der Waals surface area (Å²) in [5, 5.41) is 0. The number of likely N-dealkylation sites (N-methyl/N-ethyl adjacent to an activating group) is 1. The van der Waals surface area contributed by atoms with E-state index in [4.69, 9.17) is 4.55 Å². The Kier molecular flexibility index (Phi) is 2.77. The Morgan fingerprint density at radius 2 is 1.82 bits per heavy atom. The van der Waals surface area contributed by atoms with Crippen molar-refractivity contribution in [2.45, 2.75) is 0 Å². The first kappa shape index (κ1) is 10.1. The highest BCUT2D eigenvalue weighted by atomic mass is 32.2. The number of rotatable bonds is 2. The van der Waals surface area contributed by atoms with Crippen LogP contribution in [0.15, 0.2) is 11.5 Å². The smallest absolute Gasteiger partial charge is 0.299 e. The van der Waals surface area contributed by atoms with E-state index < -0.39 is 20.9 Å². The molecule has 0 aliphatic heterocycles. The van der Waals surface area contributed by atoms with Crippen LogP contribution in [-0.2, 0) is 14.9 Å². The molecule has 0 unspecified atom stereocenters. The van der Waals surface area contributed by atoms with E-state index in [0.29, 0.717) is 0 Å². The monoisotopic (exact) mass is 179 g/mol. The van der Waals surface area contributed by atoms with Crippen molar-refractivity contribution >= 4 is 16.0 Å². The standard InChI is InChI=1S/C5H9NO4S/c1-4(11(8,9)10)5(7)6(2)3/h1H2,2-3H3,(H,8,9,10). The van der Waals surface area contributed by atoms with Crippen LogP contribution < -0.4 is 0 Å². The lowest BCUT2D eigenvalue weighted by Crippen LogP contribution is -2.26. The lowest BCUT2D eigenvalue weighted by molar-refractivity contribution is -0.124. The lowest BCUT2D eigenvalue weighted by Gasteiger charge is -2.09. The molecule has 0 aromatic carbocycles. The van der Waals surface area contributed by atoms with Crippen LogP contribution in [0.3, 0.4) is 0 Å². The summed E-state index contributed by atoms with van der Waals surface area (Å²) in [4.78, 5) is 11.0. The van der Waals surface area contributed by atoms with Gasteiger partial charge in [0.15, 0.2) is 4.91 Å².